The Labute approximate surface area is 241 Å². The summed E-state index contributed by atoms with van der Waals surface area (Å²) in [5, 5.41) is 17.7. The highest BCUT2D eigenvalue weighted by atomic mass is 32.3. The van der Waals surface area contributed by atoms with Crippen molar-refractivity contribution in [2.45, 2.75) is 37.6 Å². The number of likely N-dealkylation sites (N-methyl/N-ethyl adjacent to an activating group) is 1. The number of benzene rings is 3. The maximum absolute atomic E-state index is 12.8. The smallest absolute Gasteiger partial charge is 0.306 e. The zero-order valence-corrected chi connectivity index (χ0v) is 24.6. The molecule has 3 N–H and O–H groups in total. The van der Waals surface area contributed by atoms with Crippen molar-refractivity contribution in [1.82, 2.24) is 19.3 Å². The van der Waals surface area contributed by atoms with Gasteiger partial charge in [-0.3, -0.25) is 13.9 Å². The predicted octanol–water partition coefficient (Wildman–Crippen LogP) is 4.62. The van der Waals surface area contributed by atoms with Gasteiger partial charge in [-0.25, -0.2) is 4.68 Å². The molecule has 1 aliphatic rings. The third-order valence-electron chi connectivity index (χ3n) is 7.92. The molecule has 0 amide bonds. The number of carbonyl (C=O) groups is 1. The molecule has 218 valence electrons. The largest absolute Gasteiger partial charge is 0.463 e. The summed E-state index contributed by atoms with van der Waals surface area (Å²) in [6.07, 6.45) is 0.0756. The standard InChI is InChI=1S/C30H37N5O5S/c1-20-9-10-22(17-23(20)19-35-14-13-33(3)26-7-5-6-8-28(26)41(35,38)39)25(18-29(37)40-16-15-36)24-11-12-27-30(21(24)2)31-32-34(27)4/h5-12,17,25,36,38-39H,13-16,18-19H2,1-4H3. The van der Waals surface area contributed by atoms with E-state index in [1.165, 1.54) is 0 Å². The van der Waals surface area contributed by atoms with Crippen molar-refractivity contribution in [1.29, 1.82) is 0 Å². The first-order chi connectivity index (χ1) is 19.6. The van der Waals surface area contributed by atoms with E-state index in [-0.39, 0.29) is 25.6 Å². The van der Waals surface area contributed by atoms with E-state index in [0.29, 0.717) is 24.5 Å². The molecular formula is C30H37N5O5S. The average molecular weight is 580 g/mol. The summed E-state index contributed by atoms with van der Waals surface area (Å²) in [7, 11) is 0.566. The lowest BCUT2D eigenvalue weighted by Gasteiger charge is -2.42. The van der Waals surface area contributed by atoms with Crippen LogP contribution in [-0.4, -0.2) is 72.8 Å². The molecular weight excluding hydrogens is 542 g/mol. The van der Waals surface area contributed by atoms with Crippen LogP contribution in [0.25, 0.3) is 11.0 Å². The first kappa shape index (κ1) is 29.0. The van der Waals surface area contributed by atoms with Gasteiger partial charge in [-0.1, -0.05) is 41.6 Å². The highest BCUT2D eigenvalue weighted by Gasteiger charge is 2.32. The van der Waals surface area contributed by atoms with Gasteiger partial charge in [0.05, 0.1) is 29.1 Å². The van der Waals surface area contributed by atoms with Crippen LogP contribution in [0.15, 0.2) is 59.5 Å². The van der Waals surface area contributed by atoms with Crippen LogP contribution in [0.1, 0.15) is 40.2 Å². The van der Waals surface area contributed by atoms with E-state index in [1.807, 2.05) is 75.3 Å². The minimum atomic E-state index is -3.23. The summed E-state index contributed by atoms with van der Waals surface area (Å²) < 4.78 is 31.7. The number of aliphatic hydroxyl groups excluding tert-OH is 1. The van der Waals surface area contributed by atoms with Crippen molar-refractivity contribution in [3.63, 3.8) is 0 Å². The van der Waals surface area contributed by atoms with Crippen LogP contribution in [0.4, 0.5) is 5.69 Å². The van der Waals surface area contributed by atoms with Crippen molar-refractivity contribution < 1.29 is 23.7 Å². The van der Waals surface area contributed by atoms with Crippen LogP contribution in [0.3, 0.4) is 0 Å². The number of carbonyl (C=O) groups excluding carboxylic acids is 1. The summed E-state index contributed by atoms with van der Waals surface area (Å²) >= 11 is 0. The number of anilines is 1. The summed E-state index contributed by atoms with van der Waals surface area (Å²) in [6.45, 7) is 5.12. The van der Waals surface area contributed by atoms with E-state index in [9.17, 15) is 13.9 Å². The number of aryl methyl sites for hydroxylation is 3. The number of para-hydroxylation sites is 1. The molecule has 10 nitrogen and oxygen atoms in total. The van der Waals surface area contributed by atoms with Crippen molar-refractivity contribution in [2.24, 2.45) is 7.05 Å². The van der Waals surface area contributed by atoms with Gasteiger partial charge in [0, 0.05) is 39.6 Å². The first-order valence-electron chi connectivity index (χ1n) is 13.6. The van der Waals surface area contributed by atoms with Crippen LogP contribution in [-0.2, 0) is 23.1 Å². The number of nitrogens with zero attached hydrogens (tertiary/aromatic N) is 5. The van der Waals surface area contributed by atoms with E-state index in [0.717, 1.165) is 44.5 Å². The Morgan fingerprint density at radius 1 is 1.07 bits per heavy atom. The second-order valence-electron chi connectivity index (χ2n) is 10.5. The summed E-state index contributed by atoms with van der Waals surface area (Å²) in [4.78, 5) is 15.4. The summed E-state index contributed by atoms with van der Waals surface area (Å²) in [6, 6.07) is 17.5. The Morgan fingerprint density at radius 3 is 2.63 bits per heavy atom. The molecule has 0 aliphatic carbocycles. The number of aromatic nitrogens is 3. The molecule has 2 heterocycles. The van der Waals surface area contributed by atoms with Gasteiger partial charge in [-0.2, -0.15) is 4.31 Å². The normalized spacial score (nSPS) is 16.7. The van der Waals surface area contributed by atoms with Crippen molar-refractivity contribution in [3.8, 4) is 0 Å². The minimum Gasteiger partial charge on any atom is -0.463 e. The van der Waals surface area contributed by atoms with Gasteiger partial charge >= 0.3 is 5.97 Å². The molecule has 0 saturated heterocycles. The van der Waals surface area contributed by atoms with E-state index >= 15 is 0 Å². The Hall–Kier alpha value is -3.48. The number of rotatable bonds is 8. The molecule has 5 rings (SSSR count). The van der Waals surface area contributed by atoms with Crippen molar-refractivity contribution >= 4 is 33.5 Å². The molecule has 1 unspecified atom stereocenters. The Balaban J connectivity index is 1.53. The fraction of sp³-hybridized carbons (Fsp3) is 0.367. The Kier molecular flexibility index (Phi) is 8.35. The molecule has 0 fully saturated rings. The van der Waals surface area contributed by atoms with Crippen LogP contribution < -0.4 is 4.90 Å². The lowest BCUT2D eigenvalue weighted by atomic mass is 9.84. The number of aliphatic hydroxyl groups is 1. The topological polar surface area (TPSA) is 124 Å². The van der Waals surface area contributed by atoms with E-state index in [1.54, 1.807) is 15.1 Å². The van der Waals surface area contributed by atoms with E-state index in [4.69, 9.17) is 9.84 Å². The molecule has 1 atom stereocenters. The van der Waals surface area contributed by atoms with Gasteiger partial charge < -0.3 is 14.7 Å². The molecule has 0 saturated carbocycles. The van der Waals surface area contributed by atoms with E-state index < -0.39 is 16.7 Å². The van der Waals surface area contributed by atoms with Crippen LogP contribution >= 0.6 is 10.8 Å². The molecule has 0 radical (unpaired) electrons. The summed E-state index contributed by atoms with van der Waals surface area (Å²) in [5.74, 6) is -0.755. The fourth-order valence-corrected chi connectivity index (χ4v) is 7.21. The van der Waals surface area contributed by atoms with Crippen LogP contribution in [0.5, 0.6) is 0 Å². The fourth-order valence-electron chi connectivity index (χ4n) is 5.51. The quantitative estimate of drug-likeness (QED) is 0.257. The number of ether oxygens (including phenoxy) is 1. The SMILES string of the molecule is Cc1ccc(C(CC(=O)OCCO)c2ccc3c(nnn3C)c2C)cc1CN1CCN(C)c2ccccc2S1(O)O. The van der Waals surface area contributed by atoms with Gasteiger partial charge in [-0.15, -0.1) is 15.9 Å². The first-order valence-corrected chi connectivity index (χ1v) is 15.1. The van der Waals surface area contributed by atoms with Gasteiger partial charge in [0.2, 0.25) is 0 Å². The second kappa shape index (κ2) is 11.8. The van der Waals surface area contributed by atoms with Crippen LogP contribution in [0, 0.1) is 13.8 Å². The maximum Gasteiger partial charge on any atom is 0.306 e. The van der Waals surface area contributed by atoms with Gasteiger partial charge in [0.1, 0.15) is 12.1 Å². The Morgan fingerprint density at radius 2 is 1.85 bits per heavy atom. The average Bonchev–Trinajstić information content (AvgIpc) is 3.31. The van der Waals surface area contributed by atoms with Gasteiger partial charge in [0.15, 0.2) is 0 Å². The number of hydrogen-bond donors (Lipinski definition) is 3. The van der Waals surface area contributed by atoms with Gasteiger partial charge in [-0.05, 0) is 59.9 Å². The number of hydrogen-bond acceptors (Lipinski definition) is 9. The molecule has 3 aromatic carbocycles. The molecule has 0 bridgehead atoms. The second-order valence-corrected chi connectivity index (χ2v) is 12.5. The molecule has 0 spiro atoms. The molecule has 11 heteroatoms. The Bertz CT molecular complexity index is 1570. The van der Waals surface area contributed by atoms with Crippen LogP contribution in [0.2, 0.25) is 0 Å². The molecule has 1 aliphatic heterocycles. The lowest BCUT2D eigenvalue weighted by molar-refractivity contribution is -0.144. The highest BCUT2D eigenvalue weighted by Crippen LogP contribution is 2.56. The monoisotopic (exact) mass is 579 g/mol. The van der Waals surface area contributed by atoms with Gasteiger partial charge in [0.25, 0.3) is 0 Å². The molecule has 1 aromatic heterocycles. The lowest BCUT2D eigenvalue weighted by Crippen LogP contribution is -2.31. The maximum atomic E-state index is 12.8. The van der Waals surface area contributed by atoms with Crippen molar-refractivity contribution in [3.05, 3.63) is 82.4 Å². The minimum absolute atomic E-state index is 0.0599. The zero-order chi connectivity index (χ0) is 29.3. The number of esters is 1. The summed E-state index contributed by atoms with van der Waals surface area (Å²) in [5.41, 5.74) is 7.20. The number of fused-ring (bicyclic) bond motifs is 2. The third kappa shape index (κ3) is 5.68. The predicted molar refractivity (Wildman–Crippen MR) is 160 cm³/mol. The highest BCUT2D eigenvalue weighted by molar-refractivity contribution is 8.22. The molecule has 4 aromatic rings. The zero-order valence-electron chi connectivity index (χ0n) is 23.8. The van der Waals surface area contributed by atoms with E-state index in [2.05, 4.69) is 16.4 Å². The van der Waals surface area contributed by atoms with Crippen molar-refractivity contribution in [2.75, 3.05) is 38.3 Å². The third-order valence-corrected chi connectivity index (χ3v) is 9.89. The molecule has 41 heavy (non-hydrogen) atoms.